The SMILES string of the molecule is CCc1ccc(S(=O)(=O)c2cc(Br)cc(S(C)(=O)=O)c2)s1.CCc1ccc(Sc2cc(Br)cc(S(C)(=O)=O)c2)s1.CSc1cc(S)cc(Br)c1.[C-]#[N+]c1ccc(Br)s1. The minimum atomic E-state index is -3.71. The molecule has 3 heterocycles. The lowest BCUT2D eigenvalue weighted by molar-refractivity contribution is 0.596. The monoisotopic (exact) mass is 1200 g/mol. The van der Waals surface area contributed by atoms with Crippen LogP contribution >= 0.6 is 134 Å². The van der Waals surface area contributed by atoms with Crippen molar-refractivity contribution in [1.29, 1.82) is 0 Å². The van der Waals surface area contributed by atoms with E-state index < -0.39 is 29.5 Å². The minimum Gasteiger partial charge on any atom is -0.227 e. The summed E-state index contributed by atoms with van der Waals surface area (Å²) in [6.45, 7) is 10.6. The topological polar surface area (TPSA) is 107 Å². The largest absolute Gasteiger partial charge is 0.242 e. The first-order chi connectivity index (χ1) is 27.1. The quantitative estimate of drug-likeness (QED) is 0.0867. The van der Waals surface area contributed by atoms with Gasteiger partial charge >= 0.3 is 0 Å². The number of thiophene rings is 3. The van der Waals surface area contributed by atoms with Gasteiger partial charge in [0.15, 0.2) is 19.7 Å². The average molecular weight is 1210 g/mol. The summed E-state index contributed by atoms with van der Waals surface area (Å²) in [6, 6.07) is 26.6. The molecular formula is C38H35Br4NO6S9. The fourth-order valence-corrected chi connectivity index (χ4v) is 15.2. The lowest BCUT2D eigenvalue weighted by atomic mass is 10.4. The first-order valence-corrected chi connectivity index (χ1v) is 29.7. The third-order valence-electron chi connectivity index (χ3n) is 7.07. The zero-order chi connectivity index (χ0) is 43.4. The third kappa shape index (κ3) is 16.7. The number of rotatable bonds is 9. The van der Waals surface area contributed by atoms with Crippen molar-refractivity contribution in [3.63, 3.8) is 0 Å². The van der Waals surface area contributed by atoms with E-state index in [9.17, 15) is 25.3 Å². The Morgan fingerprint density at radius 1 is 0.638 bits per heavy atom. The van der Waals surface area contributed by atoms with E-state index >= 15 is 0 Å². The van der Waals surface area contributed by atoms with Gasteiger partial charge in [-0.25, -0.2) is 30.1 Å². The van der Waals surface area contributed by atoms with Crippen LogP contribution in [0.25, 0.3) is 4.85 Å². The summed E-state index contributed by atoms with van der Waals surface area (Å²) in [7, 11) is -10.4. The van der Waals surface area contributed by atoms with Crippen LogP contribution in [0.2, 0.25) is 0 Å². The van der Waals surface area contributed by atoms with Crippen LogP contribution < -0.4 is 0 Å². The molecule has 0 atom stereocenters. The summed E-state index contributed by atoms with van der Waals surface area (Å²) in [5.41, 5.74) is 0. The molecule has 0 fully saturated rings. The molecule has 3 aromatic carbocycles. The Balaban J connectivity index is 0.000000221. The summed E-state index contributed by atoms with van der Waals surface area (Å²) in [5.74, 6) is 0. The number of thioether (sulfide) groups is 1. The molecule has 0 aliphatic rings. The summed E-state index contributed by atoms with van der Waals surface area (Å²) in [4.78, 5) is 8.99. The van der Waals surface area contributed by atoms with Gasteiger partial charge in [0.2, 0.25) is 14.8 Å². The molecule has 0 bridgehead atoms. The van der Waals surface area contributed by atoms with Crippen molar-refractivity contribution in [2.75, 3.05) is 18.8 Å². The number of thiol groups is 1. The zero-order valence-corrected chi connectivity index (χ0v) is 45.0. The molecule has 20 heteroatoms. The summed E-state index contributed by atoms with van der Waals surface area (Å²) in [5, 5.41) is 0.733. The first-order valence-electron chi connectivity index (χ1n) is 16.4. The number of nitrogens with zero attached hydrogens (tertiary/aromatic N) is 1. The molecule has 7 nitrogen and oxygen atoms in total. The van der Waals surface area contributed by atoms with Crippen LogP contribution in [0.4, 0.5) is 5.00 Å². The Kier molecular flexibility index (Phi) is 20.8. The Hall–Kier alpha value is -0.930. The van der Waals surface area contributed by atoms with Crippen LogP contribution in [0.1, 0.15) is 23.6 Å². The second-order valence-corrected chi connectivity index (χ2v) is 28.1. The number of hydrogen-bond acceptors (Lipinski definition) is 12. The second-order valence-electron chi connectivity index (χ2n) is 11.6. The Morgan fingerprint density at radius 3 is 1.66 bits per heavy atom. The molecule has 0 saturated carbocycles. The molecule has 310 valence electrons. The van der Waals surface area contributed by atoms with Crippen molar-refractivity contribution in [1.82, 2.24) is 0 Å². The third-order valence-corrected chi connectivity index (χ3v) is 18.9. The molecule has 58 heavy (non-hydrogen) atoms. The van der Waals surface area contributed by atoms with Crippen molar-refractivity contribution >= 4 is 168 Å². The fraction of sp³-hybridized carbons (Fsp3) is 0.184. The highest BCUT2D eigenvalue weighted by atomic mass is 79.9. The van der Waals surface area contributed by atoms with Gasteiger partial charge in [0.1, 0.15) is 4.21 Å². The van der Waals surface area contributed by atoms with E-state index in [-0.39, 0.29) is 14.0 Å². The maximum Gasteiger partial charge on any atom is 0.242 e. The van der Waals surface area contributed by atoms with Crippen molar-refractivity contribution in [2.24, 2.45) is 0 Å². The Labute approximate surface area is 401 Å². The molecule has 0 aliphatic heterocycles. The first kappa shape index (κ1) is 51.4. The van der Waals surface area contributed by atoms with Gasteiger partial charge in [-0.3, -0.25) is 0 Å². The molecule has 0 radical (unpaired) electrons. The standard InChI is InChI=1S/C13H13BrO4S3.C13H13BrO2S3.C7H7BrS2.C5H2BrNS/c1-3-10-4-5-13(19-10)21(17,18)12-7-9(14)6-11(8-12)20(2,15)16;1-3-10-4-5-13(17-10)18-11-6-9(14)7-12(8-11)19(2,15)16;1-10-7-3-5(8)2-6(9)4-7;1-7-5-3-2-4(6)8-5/h4-8H,3H2,1-2H3;4-8H,3H2,1-2H3;2-4,9H,1H3;2-3H. The van der Waals surface area contributed by atoms with Gasteiger partial charge in [0, 0.05) is 50.4 Å². The Bertz CT molecular complexity index is 2700. The van der Waals surface area contributed by atoms with Gasteiger partial charge in [-0.1, -0.05) is 73.4 Å². The zero-order valence-electron chi connectivity index (χ0n) is 31.2. The van der Waals surface area contributed by atoms with Crippen molar-refractivity contribution in [3.05, 3.63) is 129 Å². The number of benzene rings is 3. The van der Waals surface area contributed by atoms with E-state index in [2.05, 4.69) is 113 Å². The molecule has 6 rings (SSSR count). The van der Waals surface area contributed by atoms with E-state index in [1.165, 1.54) is 61.1 Å². The minimum absolute atomic E-state index is 0.0253. The van der Waals surface area contributed by atoms with E-state index in [4.69, 9.17) is 6.57 Å². The lowest BCUT2D eigenvalue weighted by Crippen LogP contribution is -2.03. The molecule has 6 aromatic rings. The maximum atomic E-state index is 12.6. The number of sulfone groups is 3. The van der Waals surface area contributed by atoms with E-state index in [0.717, 1.165) is 51.5 Å². The van der Waals surface area contributed by atoms with Gasteiger partial charge in [-0.2, -0.15) is 0 Å². The summed E-state index contributed by atoms with van der Waals surface area (Å²) >= 11 is 25.1. The highest BCUT2D eigenvalue weighted by Gasteiger charge is 2.23. The molecule has 3 aromatic heterocycles. The van der Waals surface area contributed by atoms with Crippen LogP contribution in [0.3, 0.4) is 0 Å². The summed E-state index contributed by atoms with van der Waals surface area (Å²) in [6.07, 6.45) is 6.11. The second kappa shape index (κ2) is 23.5. The van der Waals surface area contributed by atoms with Gasteiger partial charge in [0.05, 0.1) is 29.3 Å². The van der Waals surface area contributed by atoms with Gasteiger partial charge in [-0.15, -0.1) is 58.4 Å². The number of aryl methyl sites for hydroxylation is 2. The molecule has 0 aliphatic carbocycles. The molecule has 0 unspecified atom stereocenters. The normalized spacial score (nSPS) is 11.3. The van der Waals surface area contributed by atoms with Gasteiger partial charge in [-0.05, 0) is 126 Å². The molecule has 0 N–H and O–H groups in total. The predicted octanol–water partition coefficient (Wildman–Crippen LogP) is 14.5. The Morgan fingerprint density at radius 2 is 1.17 bits per heavy atom. The predicted molar refractivity (Wildman–Crippen MR) is 263 cm³/mol. The molecule has 0 saturated heterocycles. The smallest absolute Gasteiger partial charge is 0.227 e. The molecule has 0 amide bonds. The van der Waals surface area contributed by atoms with Crippen molar-refractivity contribution in [3.8, 4) is 0 Å². The van der Waals surface area contributed by atoms with Crippen LogP contribution in [-0.2, 0) is 42.4 Å². The van der Waals surface area contributed by atoms with Crippen LogP contribution in [-0.4, -0.2) is 44.0 Å². The van der Waals surface area contributed by atoms with Crippen molar-refractivity contribution < 1.29 is 25.3 Å². The molecule has 0 spiro atoms. The average Bonchev–Trinajstić information content (AvgIpc) is 3.92. The van der Waals surface area contributed by atoms with Gasteiger partial charge < -0.3 is 0 Å². The van der Waals surface area contributed by atoms with Crippen LogP contribution in [0.15, 0.2) is 146 Å². The summed E-state index contributed by atoms with van der Waals surface area (Å²) < 4.78 is 76.4. The van der Waals surface area contributed by atoms with Crippen LogP contribution in [0, 0.1) is 6.57 Å². The number of halogens is 4. The van der Waals surface area contributed by atoms with Crippen LogP contribution in [0.5, 0.6) is 0 Å². The number of hydrogen-bond donors (Lipinski definition) is 1. The van der Waals surface area contributed by atoms with E-state index in [1.54, 1.807) is 65.2 Å². The highest BCUT2D eigenvalue weighted by Crippen LogP contribution is 2.36. The van der Waals surface area contributed by atoms with Crippen molar-refractivity contribution in [2.45, 2.75) is 64.5 Å². The molecular weight excluding hydrogens is 1170 g/mol. The highest BCUT2D eigenvalue weighted by molar-refractivity contribution is 9.11. The van der Waals surface area contributed by atoms with E-state index in [1.807, 2.05) is 31.2 Å². The fourth-order valence-electron chi connectivity index (χ4n) is 4.27. The van der Waals surface area contributed by atoms with Gasteiger partial charge in [0.25, 0.3) is 0 Å². The maximum absolute atomic E-state index is 12.6. The van der Waals surface area contributed by atoms with E-state index in [0.29, 0.717) is 9.37 Å². The lowest BCUT2D eigenvalue weighted by Gasteiger charge is -2.06.